The molecule has 0 N–H and O–H groups in total. The van der Waals surface area contributed by atoms with Gasteiger partial charge in [0.1, 0.15) is 6.26 Å². The molecule has 1 atom stereocenters. The molecule has 0 spiro atoms. The first-order chi connectivity index (χ1) is 7.82. The third kappa shape index (κ3) is 2.14. The van der Waals surface area contributed by atoms with Gasteiger partial charge < -0.3 is 4.55 Å². The highest BCUT2D eigenvalue weighted by Crippen LogP contribution is 2.35. The maximum Gasteiger partial charge on any atom is 0.434 e. The molecule has 2 rings (SSSR count). The van der Waals surface area contributed by atoms with Crippen LogP contribution in [0.5, 0.6) is 0 Å². The van der Waals surface area contributed by atoms with E-state index in [-0.39, 0.29) is 15.3 Å². The van der Waals surface area contributed by atoms with Gasteiger partial charge in [0.2, 0.25) is 0 Å². The molecule has 9 heteroatoms. The van der Waals surface area contributed by atoms with Crippen molar-refractivity contribution in [1.82, 2.24) is 14.4 Å². The lowest BCUT2D eigenvalue weighted by molar-refractivity contribution is -0.142. The van der Waals surface area contributed by atoms with E-state index < -0.39 is 23.0 Å². The molecular formula is C8H5BrF3N3OS. The van der Waals surface area contributed by atoms with E-state index >= 15 is 0 Å². The predicted octanol–water partition coefficient (Wildman–Crippen LogP) is 2.25. The Labute approximate surface area is 105 Å². The summed E-state index contributed by atoms with van der Waals surface area (Å²) in [7, 11) is 0. The number of hydrogen-bond acceptors (Lipinski definition) is 3. The fourth-order valence-corrected chi connectivity index (χ4v) is 2.57. The molecule has 2 heterocycles. The van der Waals surface area contributed by atoms with Gasteiger partial charge in [-0.3, -0.25) is 0 Å². The molecule has 0 aliphatic heterocycles. The van der Waals surface area contributed by atoms with Crippen LogP contribution >= 0.6 is 15.9 Å². The van der Waals surface area contributed by atoms with Crippen LogP contribution in [0.2, 0.25) is 0 Å². The molecule has 2 aromatic heterocycles. The number of fused-ring (bicyclic) bond motifs is 1. The van der Waals surface area contributed by atoms with Crippen LogP contribution in [0.3, 0.4) is 0 Å². The largest absolute Gasteiger partial charge is 0.609 e. The standard InChI is InChI=1S/C8H5BrF3N3OS/c1-17(16)7-14-5(8(10,11)12)4(9)6-13-2-3-15(6)7/h2-3H,1H3. The van der Waals surface area contributed by atoms with Crippen molar-refractivity contribution in [2.45, 2.75) is 11.3 Å². The van der Waals surface area contributed by atoms with Gasteiger partial charge in [-0.05, 0) is 15.9 Å². The summed E-state index contributed by atoms with van der Waals surface area (Å²) < 4.78 is 50.5. The zero-order chi connectivity index (χ0) is 12.8. The molecule has 2 aromatic rings. The van der Waals surface area contributed by atoms with Gasteiger partial charge in [-0.1, -0.05) is 0 Å². The molecule has 17 heavy (non-hydrogen) atoms. The number of imidazole rings is 1. The van der Waals surface area contributed by atoms with Gasteiger partial charge >= 0.3 is 11.3 Å². The van der Waals surface area contributed by atoms with E-state index in [0.717, 1.165) is 0 Å². The Balaban J connectivity index is 2.83. The fourth-order valence-electron chi connectivity index (χ4n) is 1.32. The van der Waals surface area contributed by atoms with Gasteiger partial charge in [0, 0.05) is 23.6 Å². The van der Waals surface area contributed by atoms with Crippen molar-refractivity contribution >= 4 is 32.8 Å². The second-order valence-electron chi connectivity index (χ2n) is 3.13. The molecular weight excluding hydrogens is 323 g/mol. The van der Waals surface area contributed by atoms with Crippen molar-refractivity contribution in [3.05, 3.63) is 22.6 Å². The van der Waals surface area contributed by atoms with Gasteiger partial charge in [0.15, 0.2) is 11.3 Å². The number of nitrogens with zero attached hydrogens (tertiary/aromatic N) is 3. The van der Waals surface area contributed by atoms with Crippen LogP contribution in [0.1, 0.15) is 5.69 Å². The third-order valence-corrected chi connectivity index (χ3v) is 3.52. The highest BCUT2D eigenvalue weighted by Gasteiger charge is 2.38. The van der Waals surface area contributed by atoms with Gasteiger partial charge in [-0.25, -0.2) is 9.38 Å². The lowest BCUT2D eigenvalue weighted by Crippen LogP contribution is -2.16. The quantitative estimate of drug-likeness (QED) is 0.596. The molecule has 0 amide bonds. The fraction of sp³-hybridized carbons (Fsp3) is 0.250. The number of hydrogen-bond donors (Lipinski definition) is 0. The smallest absolute Gasteiger partial charge is 0.434 e. The van der Waals surface area contributed by atoms with E-state index in [1.807, 2.05) is 0 Å². The van der Waals surface area contributed by atoms with Crippen molar-refractivity contribution in [1.29, 1.82) is 0 Å². The predicted molar refractivity (Wildman–Crippen MR) is 58.0 cm³/mol. The van der Waals surface area contributed by atoms with Gasteiger partial charge in [-0.2, -0.15) is 18.2 Å². The van der Waals surface area contributed by atoms with Crippen LogP contribution in [0.25, 0.3) is 5.65 Å². The highest BCUT2D eigenvalue weighted by molar-refractivity contribution is 9.10. The molecule has 0 aliphatic carbocycles. The van der Waals surface area contributed by atoms with Crippen LogP contribution in [0, 0.1) is 0 Å². The molecule has 92 valence electrons. The van der Waals surface area contributed by atoms with E-state index in [0.29, 0.717) is 0 Å². The minimum atomic E-state index is -4.62. The van der Waals surface area contributed by atoms with Crippen LogP contribution in [0.4, 0.5) is 13.2 Å². The number of rotatable bonds is 1. The first-order valence-electron chi connectivity index (χ1n) is 4.25. The van der Waals surface area contributed by atoms with E-state index in [9.17, 15) is 17.7 Å². The van der Waals surface area contributed by atoms with Crippen molar-refractivity contribution < 1.29 is 17.7 Å². The molecule has 1 unspecified atom stereocenters. The number of aromatic nitrogens is 3. The Hall–Kier alpha value is -0.800. The normalized spacial score (nSPS) is 14.2. The molecule has 0 saturated heterocycles. The van der Waals surface area contributed by atoms with Crippen molar-refractivity contribution in [3.8, 4) is 0 Å². The Bertz CT molecular complexity index is 569. The molecule has 0 bridgehead atoms. The molecule has 0 fully saturated rings. The summed E-state index contributed by atoms with van der Waals surface area (Å²) in [5.41, 5.74) is -1.08. The second kappa shape index (κ2) is 4.14. The monoisotopic (exact) mass is 327 g/mol. The van der Waals surface area contributed by atoms with Gasteiger partial charge in [0.25, 0.3) is 0 Å². The SMILES string of the molecule is C[S+]([O-])c1nc(C(F)(F)F)c(Br)c2nccn12. The van der Waals surface area contributed by atoms with Crippen molar-refractivity contribution in [2.24, 2.45) is 0 Å². The number of halogens is 4. The van der Waals surface area contributed by atoms with Crippen LogP contribution in [-0.2, 0) is 17.4 Å². The minimum Gasteiger partial charge on any atom is -0.609 e. The highest BCUT2D eigenvalue weighted by atomic mass is 79.9. The maximum absolute atomic E-state index is 12.7. The first kappa shape index (κ1) is 12.7. The minimum absolute atomic E-state index is 0.0394. The Morgan fingerprint density at radius 3 is 2.65 bits per heavy atom. The Morgan fingerprint density at radius 1 is 1.47 bits per heavy atom. The van der Waals surface area contributed by atoms with Gasteiger partial charge in [-0.15, -0.1) is 0 Å². The molecule has 0 radical (unpaired) electrons. The third-order valence-electron chi connectivity index (χ3n) is 1.98. The first-order valence-corrected chi connectivity index (χ1v) is 6.60. The zero-order valence-electron chi connectivity index (χ0n) is 8.32. The van der Waals surface area contributed by atoms with Crippen LogP contribution in [-0.4, -0.2) is 25.2 Å². The molecule has 0 saturated carbocycles. The van der Waals surface area contributed by atoms with E-state index in [1.165, 1.54) is 23.1 Å². The van der Waals surface area contributed by atoms with Gasteiger partial charge in [0.05, 0.1) is 4.47 Å². The van der Waals surface area contributed by atoms with Crippen LogP contribution in [0.15, 0.2) is 22.0 Å². The molecule has 4 nitrogen and oxygen atoms in total. The van der Waals surface area contributed by atoms with Crippen molar-refractivity contribution in [3.63, 3.8) is 0 Å². The topological polar surface area (TPSA) is 53.2 Å². The summed E-state index contributed by atoms with van der Waals surface area (Å²) in [5.74, 6) is 0. The molecule has 0 aliphatic rings. The van der Waals surface area contributed by atoms with Crippen LogP contribution < -0.4 is 0 Å². The molecule has 0 aromatic carbocycles. The van der Waals surface area contributed by atoms with Crippen molar-refractivity contribution in [2.75, 3.05) is 6.26 Å². The summed E-state index contributed by atoms with van der Waals surface area (Å²) >= 11 is 1.17. The average molecular weight is 328 g/mol. The summed E-state index contributed by atoms with van der Waals surface area (Å²) in [6, 6.07) is 0. The van der Waals surface area contributed by atoms with E-state index in [2.05, 4.69) is 25.9 Å². The second-order valence-corrected chi connectivity index (χ2v) is 5.20. The van der Waals surface area contributed by atoms with E-state index in [4.69, 9.17) is 0 Å². The summed E-state index contributed by atoms with van der Waals surface area (Å²) in [4.78, 5) is 7.17. The Kier molecular flexibility index (Phi) is 3.08. The summed E-state index contributed by atoms with van der Waals surface area (Å²) in [5, 5.41) is -0.187. The summed E-state index contributed by atoms with van der Waals surface area (Å²) in [6.45, 7) is 0. The van der Waals surface area contributed by atoms with E-state index in [1.54, 1.807) is 0 Å². The average Bonchev–Trinajstić information content (AvgIpc) is 2.64. The lowest BCUT2D eigenvalue weighted by Gasteiger charge is -2.12. The number of alkyl halides is 3. The maximum atomic E-state index is 12.7. The zero-order valence-corrected chi connectivity index (χ0v) is 10.7. The summed E-state index contributed by atoms with van der Waals surface area (Å²) in [6.07, 6.45) is -0.640. The Morgan fingerprint density at radius 2 is 2.12 bits per heavy atom. The lowest BCUT2D eigenvalue weighted by atomic mass is 10.4.